The predicted molar refractivity (Wildman–Crippen MR) is 88.8 cm³/mol. The molecule has 1 aliphatic rings. The molecule has 2 atom stereocenters. The van der Waals surface area contributed by atoms with Gasteiger partial charge < -0.3 is 10.6 Å². The van der Waals surface area contributed by atoms with Gasteiger partial charge in [0.05, 0.1) is 4.88 Å². The summed E-state index contributed by atoms with van der Waals surface area (Å²) in [4.78, 5) is 15.6. The molecule has 22 heavy (non-hydrogen) atoms. The van der Waals surface area contributed by atoms with Crippen molar-refractivity contribution in [2.24, 2.45) is 11.7 Å². The van der Waals surface area contributed by atoms with E-state index in [4.69, 9.17) is 5.73 Å². The second-order valence-electron chi connectivity index (χ2n) is 6.21. The highest BCUT2D eigenvalue weighted by atomic mass is 32.1. The van der Waals surface area contributed by atoms with Crippen molar-refractivity contribution in [2.45, 2.75) is 32.7 Å². The third kappa shape index (κ3) is 2.63. The molecule has 3 nitrogen and oxygen atoms in total. The van der Waals surface area contributed by atoms with Gasteiger partial charge in [-0.3, -0.25) is 4.79 Å². The maximum absolute atomic E-state index is 13.4. The van der Waals surface area contributed by atoms with Gasteiger partial charge in [-0.2, -0.15) is 0 Å². The molecule has 3 rings (SSSR count). The van der Waals surface area contributed by atoms with E-state index in [0.717, 1.165) is 35.0 Å². The van der Waals surface area contributed by atoms with Crippen LogP contribution in [-0.2, 0) is 0 Å². The summed E-state index contributed by atoms with van der Waals surface area (Å²) in [6, 6.07) is 4.81. The molecule has 2 N–H and O–H groups in total. The summed E-state index contributed by atoms with van der Waals surface area (Å²) < 4.78 is 14.2. The number of nitrogens with zero attached hydrogens (tertiary/aromatic N) is 1. The van der Waals surface area contributed by atoms with Crippen LogP contribution in [0.15, 0.2) is 18.2 Å². The Morgan fingerprint density at radius 1 is 1.50 bits per heavy atom. The Balaban J connectivity index is 1.96. The summed E-state index contributed by atoms with van der Waals surface area (Å²) in [6.45, 7) is 5.39. The minimum absolute atomic E-state index is 0.0430. The van der Waals surface area contributed by atoms with Crippen LogP contribution >= 0.6 is 11.3 Å². The van der Waals surface area contributed by atoms with Crippen LogP contribution in [0.2, 0.25) is 0 Å². The van der Waals surface area contributed by atoms with Crippen molar-refractivity contribution in [1.82, 2.24) is 4.90 Å². The number of carbonyl (C=O) groups is 1. The van der Waals surface area contributed by atoms with E-state index in [2.05, 4.69) is 6.92 Å². The monoisotopic (exact) mass is 320 g/mol. The van der Waals surface area contributed by atoms with Crippen LogP contribution in [0.3, 0.4) is 0 Å². The fraction of sp³-hybridized carbons (Fsp3) is 0.471. The lowest BCUT2D eigenvalue weighted by Crippen LogP contribution is -2.49. The van der Waals surface area contributed by atoms with Crippen molar-refractivity contribution in [3.8, 4) is 0 Å². The zero-order valence-electron chi connectivity index (χ0n) is 12.9. The first-order valence-corrected chi connectivity index (χ1v) is 8.52. The average molecular weight is 320 g/mol. The molecular formula is C17H21FN2OS. The number of benzene rings is 1. The van der Waals surface area contributed by atoms with Gasteiger partial charge in [0.2, 0.25) is 0 Å². The number of carbonyl (C=O) groups excluding carboxylic acids is 1. The minimum atomic E-state index is -0.264. The number of hydrogen-bond donors (Lipinski definition) is 1. The average Bonchev–Trinajstić information content (AvgIpc) is 2.82. The van der Waals surface area contributed by atoms with E-state index in [1.54, 1.807) is 6.07 Å². The lowest BCUT2D eigenvalue weighted by atomic mass is 9.92. The van der Waals surface area contributed by atoms with Gasteiger partial charge in [0.25, 0.3) is 5.91 Å². The number of halogens is 1. The quantitative estimate of drug-likeness (QED) is 0.920. The maximum Gasteiger partial charge on any atom is 0.264 e. The number of nitrogens with two attached hydrogens (primary N) is 1. The Labute approximate surface area is 133 Å². The summed E-state index contributed by atoms with van der Waals surface area (Å²) in [6.07, 6.45) is 1.97. The zero-order chi connectivity index (χ0) is 15.9. The van der Waals surface area contributed by atoms with E-state index in [0.29, 0.717) is 17.3 Å². The number of piperidine rings is 1. The van der Waals surface area contributed by atoms with Gasteiger partial charge >= 0.3 is 0 Å². The van der Waals surface area contributed by atoms with Crippen molar-refractivity contribution in [3.05, 3.63) is 34.5 Å². The predicted octanol–water partition coefficient (Wildman–Crippen LogP) is 3.55. The highest BCUT2D eigenvalue weighted by Gasteiger charge is 2.31. The van der Waals surface area contributed by atoms with Gasteiger partial charge in [-0.15, -0.1) is 11.3 Å². The van der Waals surface area contributed by atoms with Crippen LogP contribution in [0.25, 0.3) is 10.1 Å². The lowest BCUT2D eigenvalue weighted by Gasteiger charge is -2.37. The van der Waals surface area contributed by atoms with E-state index in [9.17, 15) is 9.18 Å². The molecule has 2 aromatic rings. The molecule has 0 aliphatic carbocycles. The lowest BCUT2D eigenvalue weighted by molar-refractivity contribution is 0.0578. The number of amides is 1. The first kappa shape index (κ1) is 15.4. The van der Waals surface area contributed by atoms with Crippen molar-refractivity contribution in [2.75, 3.05) is 13.1 Å². The zero-order valence-corrected chi connectivity index (χ0v) is 13.8. The first-order chi connectivity index (χ1) is 10.5. The standard InChI is InChI=1S/C17H21FN2OS/c1-10-5-6-20(13(7-10)9-19)17(21)16-11(2)14-4-3-12(18)8-15(14)22-16/h3-4,8,10,13H,5-7,9,19H2,1-2H3. The van der Waals surface area contributed by atoms with Crippen molar-refractivity contribution in [1.29, 1.82) is 0 Å². The first-order valence-electron chi connectivity index (χ1n) is 7.71. The number of thiophene rings is 1. The molecule has 2 unspecified atom stereocenters. The summed E-state index contributed by atoms with van der Waals surface area (Å²) in [7, 11) is 0. The second-order valence-corrected chi connectivity index (χ2v) is 7.27. The van der Waals surface area contributed by atoms with Crippen molar-refractivity contribution < 1.29 is 9.18 Å². The number of rotatable bonds is 2. The van der Waals surface area contributed by atoms with E-state index < -0.39 is 0 Å². The second kappa shape index (κ2) is 5.97. The van der Waals surface area contributed by atoms with Gasteiger partial charge in [0, 0.05) is 23.8 Å². The van der Waals surface area contributed by atoms with E-state index in [-0.39, 0.29) is 17.8 Å². The fourth-order valence-electron chi connectivity index (χ4n) is 3.28. The summed E-state index contributed by atoms with van der Waals surface area (Å²) >= 11 is 1.38. The van der Waals surface area contributed by atoms with Crippen LogP contribution in [0.4, 0.5) is 4.39 Å². The minimum Gasteiger partial charge on any atom is -0.334 e. The van der Waals surface area contributed by atoms with Crippen LogP contribution in [0.1, 0.15) is 35.0 Å². The molecule has 2 heterocycles. The van der Waals surface area contributed by atoms with Crippen LogP contribution in [0, 0.1) is 18.7 Å². The Hall–Kier alpha value is -1.46. The van der Waals surface area contributed by atoms with Gasteiger partial charge in [0.1, 0.15) is 5.82 Å². The summed E-state index contributed by atoms with van der Waals surface area (Å²) in [5.41, 5.74) is 6.81. The molecule has 0 spiro atoms. The topological polar surface area (TPSA) is 46.3 Å². The third-order valence-electron chi connectivity index (χ3n) is 4.61. The highest BCUT2D eigenvalue weighted by molar-refractivity contribution is 7.21. The molecule has 5 heteroatoms. The van der Waals surface area contributed by atoms with Crippen molar-refractivity contribution >= 4 is 27.3 Å². The molecule has 1 aliphatic heterocycles. The van der Waals surface area contributed by atoms with Gasteiger partial charge in [-0.05, 0) is 48.8 Å². The Kier molecular flexibility index (Phi) is 4.19. The molecule has 118 valence electrons. The highest BCUT2D eigenvalue weighted by Crippen LogP contribution is 2.33. The Morgan fingerprint density at radius 3 is 3.00 bits per heavy atom. The smallest absolute Gasteiger partial charge is 0.264 e. The van der Waals surface area contributed by atoms with E-state index in [1.807, 2.05) is 11.8 Å². The molecule has 1 saturated heterocycles. The van der Waals surface area contributed by atoms with E-state index in [1.165, 1.54) is 23.5 Å². The Morgan fingerprint density at radius 2 is 2.27 bits per heavy atom. The fourth-order valence-corrected chi connectivity index (χ4v) is 4.47. The summed E-state index contributed by atoms with van der Waals surface area (Å²) in [5.74, 6) is 0.385. The van der Waals surface area contributed by atoms with Crippen LogP contribution < -0.4 is 5.73 Å². The molecule has 1 amide bonds. The molecule has 0 bridgehead atoms. The number of fused-ring (bicyclic) bond motifs is 1. The van der Waals surface area contributed by atoms with E-state index >= 15 is 0 Å². The molecule has 1 fully saturated rings. The third-order valence-corrected chi connectivity index (χ3v) is 5.85. The molecule has 0 radical (unpaired) electrons. The Bertz CT molecular complexity index is 712. The molecule has 1 aromatic heterocycles. The van der Waals surface area contributed by atoms with Gasteiger partial charge in [-0.25, -0.2) is 4.39 Å². The van der Waals surface area contributed by atoms with Gasteiger partial charge in [-0.1, -0.05) is 13.0 Å². The number of hydrogen-bond acceptors (Lipinski definition) is 3. The largest absolute Gasteiger partial charge is 0.334 e. The number of aryl methyl sites for hydroxylation is 1. The molecular weight excluding hydrogens is 299 g/mol. The van der Waals surface area contributed by atoms with Gasteiger partial charge in [0.15, 0.2) is 0 Å². The summed E-state index contributed by atoms with van der Waals surface area (Å²) in [5, 5.41) is 0.962. The van der Waals surface area contributed by atoms with Crippen LogP contribution in [0.5, 0.6) is 0 Å². The maximum atomic E-state index is 13.4. The van der Waals surface area contributed by atoms with Crippen LogP contribution in [-0.4, -0.2) is 29.9 Å². The van der Waals surface area contributed by atoms with Crippen molar-refractivity contribution in [3.63, 3.8) is 0 Å². The SMILES string of the molecule is Cc1c(C(=O)N2CCC(C)CC2CN)sc2cc(F)ccc12. The number of likely N-dealkylation sites (tertiary alicyclic amines) is 1. The molecule has 1 aromatic carbocycles. The normalized spacial score (nSPS) is 22.3. The molecule has 0 saturated carbocycles.